The lowest BCUT2D eigenvalue weighted by molar-refractivity contribution is -0.142. The van der Waals surface area contributed by atoms with E-state index in [1.54, 1.807) is 24.3 Å². The Morgan fingerprint density at radius 1 is 1.08 bits per heavy atom. The number of carboxylic acid groups (broad SMARTS) is 1. The Morgan fingerprint density at radius 3 is 2.28 bits per heavy atom. The maximum absolute atomic E-state index is 12.8. The van der Waals surface area contributed by atoms with Gasteiger partial charge in [-0.2, -0.15) is 0 Å². The summed E-state index contributed by atoms with van der Waals surface area (Å²) >= 11 is 0. The molecule has 1 unspecified atom stereocenters. The Balaban J connectivity index is 2.05. The number of imide groups is 1. The van der Waals surface area contributed by atoms with Gasteiger partial charge in [-0.25, -0.2) is 9.59 Å². The van der Waals surface area contributed by atoms with Gasteiger partial charge in [0.15, 0.2) is 11.8 Å². The zero-order chi connectivity index (χ0) is 18.4. The topological polar surface area (TPSA) is 104 Å². The summed E-state index contributed by atoms with van der Waals surface area (Å²) in [7, 11) is 0. The van der Waals surface area contributed by atoms with Crippen LogP contribution in [0.1, 0.15) is 24.2 Å². The van der Waals surface area contributed by atoms with Crippen molar-refractivity contribution in [1.82, 2.24) is 10.2 Å². The fourth-order valence-electron chi connectivity index (χ4n) is 2.95. The number of fused-ring (bicyclic) bond motifs is 1. The number of amides is 3. The van der Waals surface area contributed by atoms with E-state index in [1.165, 1.54) is 19.9 Å². The molecule has 128 valence electrons. The Labute approximate surface area is 143 Å². The van der Waals surface area contributed by atoms with Crippen molar-refractivity contribution in [2.75, 3.05) is 0 Å². The van der Waals surface area contributed by atoms with Crippen LogP contribution in [0.4, 0.5) is 4.79 Å². The number of rotatable bonds is 4. The van der Waals surface area contributed by atoms with E-state index in [2.05, 4.69) is 5.32 Å². The monoisotopic (exact) mass is 340 g/mol. The minimum atomic E-state index is -1.79. The number of Topliss-reactive ketones (excluding diaryl/α,β-unsaturated/α-hetero) is 1. The first-order valence-electron chi connectivity index (χ1n) is 7.64. The van der Waals surface area contributed by atoms with Crippen LogP contribution in [-0.4, -0.2) is 45.3 Å². The third-order valence-electron chi connectivity index (χ3n) is 4.37. The number of carboxylic acids is 1. The second-order valence-electron chi connectivity index (χ2n) is 6.36. The lowest BCUT2D eigenvalue weighted by atomic mass is 9.95. The van der Waals surface area contributed by atoms with E-state index in [0.717, 1.165) is 15.7 Å². The number of carbonyl (C=O) groups excluding carboxylic acids is 3. The molecular weight excluding hydrogens is 324 g/mol. The summed E-state index contributed by atoms with van der Waals surface area (Å²) in [4.78, 5) is 49.4. The van der Waals surface area contributed by atoms with Crippen LogP contribution < -0.4 is 5.32 Å². The summed E-state index contributed by atoms with van der Waals surface area (Å²) in [5.41, 5.74) is -1.28. The maximum Gasteiger partial charge on any atom is 0.334 e. The van der Waals surface area contributed by atoms with Gasteiger partial charge in [-0.15, -0.1) is 0 Å². The molecule has 1 atom stereocenters. The molecule has 3 rings (SSSR count). The first-order valence-corrected chi connectivity index (χ1v) is 7.64. The molecule has 2 aromatic carbocycles. The summed E-state index contributed by atoms with van der Waals surface area (Å²) in [6.07, 6.45) is 0. The van der Waals surface area contributed by atoms with Crippen LogP contribution in [-0.2, 0) is 9.59 Å². The second-order valence-corrected chi connectivity index (χ2v) is 6.36. The third kappa shape index (κ3) is 2.63. The summed E-state index contributed by atoms with van der Waals surface area (Å²) < 4.78 is 0. The van der Waals surface area contributed by atoms with Gasteiger partial charge in [0.05, 0.1) is 0 Å². The Bertz CT molecular complexity index is 919. The zero-order valence-electron chi connectivity index (χ0n) is 13.6. The number of nitrogens with zero attached hydrogens (tertiary/aromatic N) is 1. The molecule has 1 aliphatic rings. The number of urea groups is 1. The number of ketones is 1. The van der Waals surface area contributed by atoms with Crippen LogP contribution >= 0.6 is 0 Å². The Kier molecular flexibility index (Phi) is 3.79. The number of hydrogen-bond acceptors (Lipinski definition) is 4. The second kappa shape index (κ2) is 5.70. The molecule has 0 aromatic heterocycles. The molecule has 0 bridgehead atoms. The van der Waals surface area contributed by atoms with Crippen LogP contribution in [0.2, 0.25) is 0 Å². The highest BCUT2D eigenvalue weighted by atomic mass is 16.4. The average molecular weight is 340 g/mol. The smallest absolute Gasteiger partial charge is 0.334 e. The summed E-state index contributed by atoms with van der Waals surface area (Å²) in [5.74, 6) is -2.89. The Morgan fingerprint density at radius 2 is 1.72 bits per heavy atom. The highest BCUT2D eigenvalue weighted by Gasteiger charge is 2.53. The molecule has 7 nitrogen and oxygen atoms in total. The third-order valence-corrected chi connectivity index (χ3v) is 4.37. The molecule has 0 aliphatic carbocycles. The highest BCUT2D eigenvalue weighted by Crippen LogP contribution is 2.26. The van der Waals surface area contributed by atoms with Gasteiger partial charge in [-0.05, 0) is 30.7 Å². The predicted octanol–water partition coefficient (Wildman–Crippen LogP) is 1.81. The van der Waals surface area contributed by atoms with Gasteiger partial charge in [0.2, 0.25) is 0 Å². The molecule has 1 heterocycles. The van der Waals surface area contributed by atoms with Gasteiger partial charge in [-0.1, -0.05) is 36.4 Å². The molecule has 7 heteroatoms. The van der Waals surface area contributed by atoms with Crippen molar-refractivity contribution in [2.45, 2.75) is 25.4 Å². The lowest BCUT2D eigenvalue weighted by Gasteiger charge is -2.32. The standard InChI is InChI=1S/C18H16N2O5/c1-18(2)16(24)19-17(25)20(18)13(15(22)23)14(21)12-8-7-10-5-3-4-6-11(10)9-12/h3-9,13H,1-2H3,(H,22,23)(H,19,24,25). The fourth-order valence-corrected chi connectivity index (χ4v) is 2.95. The van der Waals surface area contributed by atoms with Crippen molar-refractivity contribution < 1.29 is 24.3 Å². The van der Waals surface area contributed by atoms with Crippen molar-refractivity contribution in [1.29, 1.82) is 0 Å². The first-order chi connectivity index (χ1) is 11.7. The summed E-state index contributed by atoms with van der Waals surface area (Å²) in [5, 5.41) is 13.3. The molecule has 3 amide bonds. The van der Waals surface area contributed by atoms with Gasteiger partial charge in [-0.3, -0.25) is 19.8 Å². The van der Waals surface area contributed by atoms with Gasteiger partial charge < -0.3 is 5.11 Å². The van der Waals surface area contributed by atoms with Crippen LogP contribution in [0.15, 0.2) is 42.5 Å². The van der Waals surface area contributed by atoms with E-state index in [1.807, 2.05) is 12.1 Å². The van der Waals surface area contributed by atoms with Crippen molar-refractivity contribution in [3.05, 3.63) is 48.0 Å². The van der Waals surface area contributed by atoms with E-state index in [0.29, 0.717) is 0 Å². The van der Waals surface area contributed by atoms with E-state index in [9.17, 15) is 24.3 Å². The molecule has 2 aromatic rings. The normalized spacial score (nSPS) is 17.4. The SMILES string of the molecule is CC1(C)C(=O)NC(=O)N1C(C(=O)O)C(=O)c1ccc2ccccc2c1. The van der Waals surface area contributed by atoms with Crippen molar-refractivity contribution >= 4 is 34.5 Å². The fraction of sp³-hybridized carbons (Fsp3) is 0.222. The number of carbonyl (C=O) groups is 4. The number of hydrogen-bond donors (Lipinski definition) is 2. The minimum Gasteiger partial charge on any atom is -0.479 e. The van der Waals surface area contributed by atoms with Gasteiger partial charge >= 0.3 is 12.0 Å². The van der Waals surface area contributed by atoms with E-state index < -0.39 is 35.3 Å². The molecule has 0 saturated carbocycles. The van der Waals surface area contributed by atoms with Crippen LogP contribution in [0.3, 0.4) is 0 Å². The van der Waals surface area contributed by atoms with Crippen LogP contribution in [0.25, 0.3) is 10.8 Å². The number of aliphatic carboxylic acids is 1. The molecular formula is C18H16N2O5. The zero-order valence-corrected chi connectivity index (χ0v) is 13.6. The predicted molar refractivity (Wildman–Crippen MR) is 89.2 cm³/mol. The summed E-state index contributed by atoms with van der Waals surface area (Å²) in [6, 6.07) is 9.46. The minimum absolute atomic E-state index is 0.161. The number of benzene rings is 2. The molecule has 1 saturated heterocycles. The number of nitrogens with one attached hydrogen (secondary N) is 1. The molecule has 1 fully saturated rings. The summed E-state index contributed by atoms with van der Waals surface area (Å²) in [6.45, 7) is 2.80. The molecule has 0 spiro atoms. The lowest BCUT2D eigenvalue weighted by Crippen LogP contribution is -2.56. The first kappa shape index (κ1) is 16.6. The van der Waals surface area contributed by atoms with Gasteiger partial charge in [0, 0.05) is 5.56 Å². The molecule has 1 aliphatic heterocycles. The molecule has 0 radical (unpaired) electrons. The molecule has 25 heavy (non-hydrogen) atoms. The van der Waals surface area contributed by atoms with Crippen LogP contribution in [0.5, 0.6) is 0 Å². The van der Waals surface area contributed by atoms with E-state index in [-0.39, 0.29) is 5.56 Å². The van der Waals surface area contributed by atoms with Crippen molar-refractivity contribution in [3.8, 4) is 0 Å². The van der Waals surface area contributed by atoms with E-state index in [4.69, 9.17) is 0 Å². The largest absolute Gasteiger partial charge is 0.479 e. The van der Waals surface area contributed by atoms with E-state index >= 15 is 0 Å². The van der Waals surface area contributed by atoms with Gasteiger partial charge in [0.1, 0.15) is 5.54 Å². The van der Waals surface area contributed by atoms with Crippen molar-refractivity contribution in [2.24, 2.45) is 0 Å². The highest BCUT2D eigenvalue weighted by molar-refractivity contribution is 6.17. The van der Waals surface area contributed by atoms with Crippen molar-refractivity contribution in [3.63, 3.8) is 0 Å². The van der Waals surface area contributed by atoms with Gasteiger partial charge in [0.25, 0.3) is 5.91 Å². The quantitative estimate of drug-likeness (QED) is 0.502. The van der Waals surface area contributed by atoms with Crippen LogP contribution in [0, 0.1) is 0 Å². The maximum atomic E-state index is 12.8. The average Bonchev–Trinajstić information content (AvgIpc) is 2.76. The Hall–Kier alpha value is -3.22. The molecule has 2 N–H and O–H groups in total.